The highest BCUT2D eigenvalue weighted by Gasteiger charge is 2.24. The van der Waals surface area contributed by atoms with Gasteiger partial charge in [0.1, 0.15) is 17.2 Å². The molecule has 0 aliphatic carbocycles. The second-order valence-electron chi connectivity index (χ2n) is 8.13. The van der Waals surface area contributed by atoms with Crippen molar-refractivity contribution in [3.63, 3.8) is 0 Å². The van der Waals surface area contributed by atoms with Gasteiger partial charge >= 0.3 is 18.2 Å². The number of carboxylic acid groups (broad SMARTS) is 1. The number of hydrogen-bond acceptors (Lipinski definition) is 9. The molecule has 2 amide bonds. The highest BCUT2D eigenvalue weighted by Crippen LogP contribution is 2.24. The van der Waals surface area contributed by atoms with Gasteiger partial charge < -0.3 is 24.6 Å². The number of alkyl carbamates (subject to hydrolysis) is 2. The number of ether oxygens (including phenoxy) is 3. The van der Waals surface area contributed by atoms with E-state index < -0.39 is 41.6 Å². The van der Waals surface area contributed by atoms with Crippen molar-refractivity contribution in [1.82, 2.24) is 10.6 Å². The molecule has 0 aliphatic rings. The van der Waals surface area contributed by atoms with Crippen molar-refractivity contribution >= 4 is 46.2 Å². The molecule has 0 rings (SSSR count). The Labute approximate surface area is 184 Å². The van der Waals surface area contributed by atoms with Crippen molar-refractivity contribution in [2.75, 3.05) is 11.5 Å². The third-order valence-corrected chi connectivity index (χ3v) is 5.39. The zero-order chi connectivity index (χ0) is 23.4. The number of amides is 2. The lowest BCUT2D eigenvalue weighted by Crippen LogP contribution is -2.43. The summed E-state index contributed by atoms with van der Waals surface area (Å²) in [5, 5.41) is 14.0. The third kappa shape index (κ3) is 16.0. The maximum Gasteiger partial charge on any atom is 0.410 e. The van der Waals surface area contributed by atoms with Crippen LogP contribution in [0.15, 0.2) is 0 Å². The zero-order valence-corrected chi connectivity index (χ0v) is 19.8. The van der Waals surface area contributed by atoms with Crippen LogP contribution in [-0.2, 0) is 23.8 Å². The van der Waals surface area contributed by atoms with Crippen LogP contribution in [0, 0.1) is 0 Å². The van der Waals surface area contributed by atoms with Gasteiger partial charge in [-0.1, -0.05) is 21.6 Å². The second kappa shape index (κ2) is 13.5. The van der Waals surface area contributed by atoms with E-state index in [0.29, 0.717) is 17.9 Å². The van der Waals surface area contributed by atoms with Crippen LogP contribution in [0.4, 0.5) is 9.59 Å². The molecule has 0 radical (unpaired) electrons. The summed E-state index contributed by atoms with van der Waals surface area (Å²) in [7, 11) is 2.82. The van der Waals surface area contributed by atoms with E-state index in [1.165, 1.54) is 21.6 Å². The molecule has 0 aliphatic heterocycles. The van der Waals surface area contributed by atoms with Gasteiger partial charge in [-0.25, -0.2) is 14.4 Å². The summed E-state index contributed by atoms with van der Waals surface area (Å²) in [5.41, 5.74) is -1.39. The molecular weight excluding hydrogens is 436 g/mol. The Balaban J connectivity index is 4.24. The van der Waals surface area contributed by atoms with E-state index >= 15 is 0 Å². The first kappa shape index (κ1) is 28.2. The molecule has 2 atom stereocenters. The van der Waals surface area contributed by atoms with Crippen molar-refractivity contribution in [1.29, 1.82) is 0 Å². The molecule has 0 spiro atoms. The molecule has 0 bridgehead atoms. The maximum atomic E-state index is 11.8. The van der Waals surface area contributed by atoms with Crippen LogP contribution in [0.1, 0.15) is 54.4 Å². The van der Waals surface area contributed by atoms with Crippen LogP contribution >= 0.6 is 21.6 Å². The lowest BCUT2D eigenvalue weighted by atomic mass is 10.2. The molecular formula is C18H32N2O8S2. The van der Waals surface area contributed by atoms with Crippen molar-refractivity contribution in [2.45, 2.75) is 77.9 Å². The summed E-state index contributed by atoms with van der Waals surface area (Å²) >= 11 is 0. The first-order chi connectivity index (χ1) is 13.7. The van der Waals surface area contributed by atoms with Gasteiger partial charge in [-0.15, -0.1) is 0 Å². The van der Waals surface area contributed by atoms with Crippen LogP contribution in [0.2, 0.25) is 0 Å². The summed E-state index contributed by atoms with van der Waals surface area (Å²) in [4.78, 5) is 45.4. The molecule has 12 heteroatoms. The van der Waals surface area contributed by atoms with Crippen LogP contribution in [0.25, 0.3) is 0 Å². The minimum atomic E-state index is -1.15. The summed E-state index contributed by atoms with van der Waals surface area (Å²) < 4.78 is 15.0. The Bertz CT molecular complexity index is 576. The number of carbonyl (C=O) groups is 4. The quantitative estimate of drug-likeness (QED) is 0.129. The smallest absolute Gasteiger partial charge is 0.410 e. The molecule has 0 heterocycles. The van der Waals surface area contributed by atoms with Crippen LogP contribution < -0.4 is 10.6 Å². The Morgan fingerprint density at radius 3 is 1.80 bits per heavy atom. The predicted octanol–water partition coefficient (Wildman–Crippen LogP) is 3.15. The summed E-state index contributed by atoms with van der Waals surface area (Å²) in [6.07, 6.45) is -1.75. The minimum absolute atomic E-state index is 0.205. The Hall–Kier alpha value is -1.82. The largest absolute Gasteiger partial charge is 0.480 e. The Morgan fingerprint density at radius 1 is 0.900 bits per heavy atom. The van der Waals surface area contributed by atoms with E-state index in [0.717, 1.165) is 0 Å². The van der Waals surface area contributed by atoms with Crippen LogP contribution in [0.3, 0.4) is 0 Å². The Morgan fingerprint density at radius 2 is 1.37 bits per heavy atom. The predicted molar refractivity (Wildman–Crippen MR) is 115 cm³/mol. The topological polar surface area (TPSA) is 140 Å². The van der Waals surface area contributed by atoms with E-state index in [-0.39, 0.29) is 12.9 Å². The number of aliphatic carboxylic acids is 1. The maximum absolute atomic E-state index is 11.8. The fourth-order valence-electron chi connectivity index (χ4n) is 1.83. The first-order valence-corrected chi connectivity index (χ1v) is 11.8. The van der Waals surface area contributed by atoms with Crippen molar-refractivity contribution in [3.8, 4) is 0 Å². The number of rotatable bonds is 12. The zero-order valence-electron chi connectivity index (χ0n) is 18.2. The lowest BCUT2D eigenvalue weighted by Gasteiger charge is -2.22. The lowest BCUT2D eigenvalue weighted by molar-refractivity contribution is -0.139. The number of hydrogen-bond donors (Lipinski definition) is 3. The first-order valence-electron chi connectivity index (χ1n) is 9.29. The van der Waals surface area contributed by atoms with Crippen LogP contribution in [0.5, 0.6) is 0 Å². The number of carbonyl (C=O) groups excluding carboxylic acids is 3. The third-order valence-electron chi connectivity index (χ3n) is 2.92. The molecule has 0 saturated carbocycles. The SMILES string of the molecule is CC(C)(C)OC(=O)N[C@@H](CCSSCC[C@H](NC(=O)OC(C)(C)C)C(=O)O)OC=O. The molecule has 3 N–H and O–H groups in total. The highest BCUT2D eigenvalue weighted by atomic mass is 33.1. The molecule has 0 fully saturated rings. The van der Waals surface area contributed by atoms with E-state index in [9.17, 15) is 24.3 Å². The van der Waals surface area contributed by atoms with Gasteiger partial charge in [-0.2, -0.15) is 0 Å². The molecule has 0 unspecified atom stereocenters. The van der Waals surface area contributed by atoms with Crippen LogP contribution in [-0.4, -0.2) is 64.7 Å². The Kier molecular flexibility index (Phi) is 12.7. The average molecular weight is 469 g/mol. The molecule has 0 aromatic carbocycles. The molecule has 0 saturated heterocycles. The van der Waals surface area contributed by atoms with Gasteiger partial charge in [0.2, 0.25) is 0 Å². The molecule has 0 aromatic heterocycles. The second-order valence-corrected chi connectivity index (χ2v) is 10.8. The van der Waals surface area contributed by atoms with Gasteiger partial charge in [-0.05, 0) is 48.0 Å². The van der Waals surface area contributed by atoms with Gasteiger partial charge in [0.15, 0.2) is 6.23 Å². The molecule has 10 nitrogen and oxygen atoms in total. The number of nitrogens with one attached hydrogen (secondary N) is 2. The van der Waals surface area contributed by atoms with Gasteiger partial charge in [0, 0.05) is 17.9 Å². The number of carboxylic acids is 1. The minimum Gasteiger partial charge on any atom is -0.480 e. The average Bonchev–Trinajstić information content (AvgIpc) is 2.53. The fourth-order valence-corrected chi connectivity index (χ4v) is 3.99. The monoisotopic (exact) mass is 468 g/mol. The van der Waals surface area contributed by atoms with Gasteiger partial charge in [0.05, 0.1) is 0 Å². The van der Waals surface area contributed by atoms with Crippen molar-refractivity contribution < 1.29 is 38.5 Å². The van der Waals surface area contributed by atoms with Crippen molar-refractivity contribution in [3.05, 3.63) is 0 Å². The van der Waals surface area contributed by atoms with Gasteiger partial charge in [-0.3, -0.25) is 10.1 Å². The van der Waals surface area contributed by atoms with Gasteiger partial charge in [0.25, 0.3) is 6.47 Å². The summed E-state index contributed by atoms with van der Waals surface area (Å²) in [5.74, 6) is -0.167. The van der Waals surface area contributed by atoms with E-state index in [2.05, 4.69) is 10.6 Å². The van der Waals surface area contributed by atoms with E-state index in [4.69, 9.17) is 14.2 Å². The standard InChI is InChI=1S/C18H32N2O8S2/c1-17(2,3)27-15(24)19-12(14(22)23)7-9-29-30-10-8-13(26-11-21)20-16(25)28-18(4,5)6/h11-13H,7-10H2,1-6H3,(H,19,24)(H,20,25)(H,22,23)/t12-,13+/m0/s1. The summed E-state index contributed by atoms with van der Waals surface area (Å²) in [6, 6.07) is -1.06. The van der Waals surface area contributed by atoms with E-state index in [1.807, 2.05) is 0 Å². The van der Waals surface area contributed by atoms with E-state index in [1.54, 1.807) is 41.5 Å². The molecule has 0 aromatic rings. The molecule has 174 valence electrons. The normalized spacial score (nSPS) is 13.5. The highest BCUT2D eigenvalue weighted by molar-refractivity contribution is 8.76. The molecule has 30 heavy (non-hydrogen) atoms. The summed E-state index contributed by atoms with van der Waals surface area (Å²) in [6.45, 7) is 10.5. The fraction of sp³-hybridized carbons (Fsp3) is 0.778. The van der Waals surface area contributed by atoms with Crippen molar-refractivity contribution in [2.24, 2.45) is 0 Å².